The normalized spacial score (nSPS) is 12.1. The Morgan fingerprint density at radius 1 is 1.17 bits per heavy atom. The fraction of sp³-hybridized carbons (Fsp3) is 0.263. The zero-order valence-corrected chi connectivity index (χ0v) is 13.8. The number of aryl methyl sites for hydroxylation is 1. The van der Waals surface area contributed by atoms with Crippen molar-refractivity contribution < 1.29 is 14.3 Å². The third-order valence-electron chi connectivity index (χ3n) is 3.78. The minimum atomic E-state index is -0.389. The molecule has 3 aromatic rings. The number of benzene rings is 2. The molecule has 0 unspecified atom stereocenters. The molecular formula is C19H20N2O3. The van der Waals surface area contributed by atoms with Crippen LogP contribution >= 0.6 is 0 Å². The number of nitrogens with zero attached hydrogens (tertiary/aromatic N) is 2. The van der Waals surface area contributed by atoms with E-state index in [1.165, 1.54) is 6.92 Å². The van der Waals surface area contributed by atoms with Gasteiger partial charge in [0.05, 0.1) is 23.9 Å². The summed E-state index contributed by atoms with van der Waals surface area (Å²) in [7, 11) is 0. The van der Waals surface area contributed by atoms with E-state index in [1.54, 1.807) is 6.33 Å². The average Bonchev–Trinajstić information content (AvgIpc) is 2.97. The number of imidazole rings is 1. The highest BCUT2D eigenvalue weighted by molar-refractivity contribution is 5.75. The van der Waals surface area contributed by atoms with Crippen molar-refractivity contribution in [3.63, 3.8) is 0 Å². The Hall–Kier alpha value is -2.82. The van der Waals surface area contributed by atoms with Crippen LogP contribution in [0.25, 0.3) is 11.0 Å². The summed E-state index contributed by atoms with van der Waals surface area (Å²) in [4.78, 5) is 15.8. The van der Waals surface area contributed by atoms with Crippen LogP contribution in [0.3, 0.4) is 0 Å². The molecule has 0 N–H and O–H groups in total. The highest BCUT2D eigenvalue weighted by Gasteiger charge is 2.16. The van der Waals surface area contributed by atoms with Crippen LogP contribution < -0.4 is 4.74 Å². The van der Waals surface area contributed by atoms with Gasteiger partial charge in [0.15, 0.2) is 6.10 Å². The quantitative estimate of drug-likeness (QED) is 0.653. The van der Waals surface area contributed by atoms with Crippen LogP contribution in [0.1, 0.15) is 12.5 Å². The minimum Gasteiger partial charge on any atom is -0.489 e. The van der Waals surface area contributed by atoms with Crippen molar-refractivity contribution in [3.05, 3.63) is 60.4 Å². The molecule has 5 heteroatoms. The molecule has 0 radical (unpaired) electrons. The van der Waals surface area contributed by atoms with Gasteiger partial charge in [0.1, 0.15) is 12.4 Å². The van der Waals surface area contributed by atoms with Crippen molar-refractivity contribution in [1.29, 1.82) is 0 Å². The fourth-order valence-electron chi connectivity index (χ4n) is 2.63. The number of para-hydroxylation sites is 3. The fourth-order valence-corrected chi connectivity index (χ4v) is 2.63. The van der Waals surface area contributed by atoms with Gasteiger partial charge in [0, 0.05) is 6.92 Å². The number of aromatic nitrogens is 2. The smallest absolute Gasteiger partial charge is 0.303 e. The summed E-state index contributed by atoms with van der Waals surface area (Å²) in [6.45, 7) is 4.18. The maximum atomic E-state index is 11.4. The maximum absolute atomic E-state index is 11.4. The Balaban J connectivity index is 1.74. The molecule has 0 saturated heterocycles. The van der Waals surface area contributed by atoms with Gasteiger partial charge < -0.3 is 14.0 Å². The summed E-state index contributed by atoms with van der Waals surface area (Å²) < 4.78 is 13.2. The lowest BCUT2D eigenvalue weighted by molar-refractivity contribution is -0.148. The van der Waals surface area contributed by atoms with Gasteiger partial charge in [-0.05, 0) is 30.7 Å². The predicted molar refractivity (Wildman–Crippen MR) is 92.0 cm³/mol. The largest absolute Gasteiger partial charge is 0.489 e. The number of hydrogen-bond acceptors (Lipinski definition) is 4. The molecule has 5 nitrogen and oxygen atoms in total. The molecule has 0 spiro atoms. The standard InChI is InChI=1S/C19H20N2O3/c1-14-7-3-6-10-19(14)23-12-16(24-15(2)22)11-21-13-20-17-8-4-5-9-18(17)21/h3-10,13,16H,11-12H2,1-2H3/t16-/m1/s1. The highest BCUT2D eigenvalue weighted by Crippen LogP contribution is 2.18. The van der Waals surface area contributed by atoms with Crippen molar-refractivity contribution in [1.82, 2.24) is 9.55 Å². The molecule has 124 valence electrons. The lowest BCUT2D eigenvalue weighted by Gasteiger charge is -2.19. The third kappa shape index (κ3) is 3.74. The van der Waals surface area contributed by atoms with E-state index in [4.69, 9.17) is 9.47 Å². The van der Waals surface area contributed by atoms with Gasteiger partial charge in [-0.1, -0.05) is 30.3 Å². The van der Waals surface area contributed by atoms with Crippen LogP contribution in [0.2, 0.25) is 0 Å². The Labute approximate surface area is 140 Å². The number of carbonyl (C=O) groups is 1. The number of esters is 1. The first-order valence-electron chi connectivity index (χ1n) is 7.89. The molecule has 0 amide bonds. The number of carbonyl (C=O) groups excluding carboxylic acids is 1. The van der Waals surface area contributed by atoms with Gasteiger partial charge >= 0.3 is 5.97 Å². The van der Waals surface area contributed by atoms with Crippen molar-refractivity contribution in [3.8, 4) is 5.75 Å². The van der Waals surface area contributed by atoms with Crippen LogP contribution in [-0.4, -0.2) is 28.2 Å². The van der Waals surface area contributed by atoms with Crippen LogP contribution in [-0.2, 0) is 16.1 Å². The lowest BCUT2D eigenvalue weighted by atomic mass is 10.2. The van der Waals surface area contributed by atoms with Gasteiger partial charge in [-0.3, -0.25) is 4.79 Å². The summed E-state index contributed by atoms with van der Waals surface area (Å²) in [6.07, 6.45) is 1.37. The Morgan fingerprint density at radius 3 is 2.71 bits per heavy atom. The molecule has 1 heterocycles. The second kappa shape index (κ2) is 7.17. The molecule has 0 aliphatic carbocycles. The monoisotopic (exact) mass is 324 g/mol. The van der Waals surface area contributed by atoms with E-state index in [-0.39, 0.29) is 18.7 Å². The van der Waals surface area contributed by atoms with Crippen LogP contribution in [0.5, 0.6) is 5.75 Å². The van der Waals surface area contributed by atoms with E-state index >= 15 is 0 Å². The molecule has 0 aliphatic rings. The van der Waals surface area contributed by atoms with E-state index in [1.807, 2.05) is 60.0 Å². The minimum absolute atomic E-state index is 0.289. The predicted octanol–water partition coefficient (Wildman–Crippen LogP) is 3.36. The second-order valence-electron chi connectivity index (χ2n) is 5.69. The van der Waals surface area contributed by atoms with Crippen LogP contribution in [0.4, 0.5) is 0 Å². The molecule has 2 aromatic carbocycles. The number of hydrogen-bond donors (Lipinski definition) is 0. The molecule has 0 saturated carbocycles. The van der Waals surface area contributed by atoms with E-state index in [9.17, 15) is 4.79 Å². The average molecular weight is 324 g/mol. The molecule has 24 heavy (non-hydrogen) atoms. The Kier molecular flexibility index (Phi) is 4.79. The molecule has 3 rings (SSSR count). The Bertz CT molecular complexity index is 841. The van der Waals surface area contributed by atoms with E-state index in [0.717, 1.165) is 22.3 Å². The van der Waals surface area contributed by atoms with Crippen molar-refractivity contribution in [2.24, 2.45) is 0 Å². The number of rotatable bonds is 6. The highest BCUT2D eigenvalue weighted by atomic mass is 16.6. The summed E-state index contributed by atoms with van der Waals surface area (Å²) >= 11 is 0. The zero-order chi connectivity index (χ0) is 16.9. The first-order chi connectivity index (χ1) is 11.6. The molecule has 1 aromatic heterocycles. The van der Waals surface area contributed by atoms with E-state index < -0.39 is 0 Å². The Morgan fingerprint density at radius 2 is 1.92 bits per heavy atom. The van der Waals surface area contributed by atoms with E-state index in [0.29, 0.717) is 6.54 Å². The molecule has 0 fully saturated rings. The third-order valence-corrected chi connectivity index (χ3v) is 3.78. The molecular weight excluding hydrogens is 304 g/mol. The summed E-state index contributed by atoms with van der Waals surface area (Å²) in [6, 6.07) is 15.6. The van der Waals surface area contributed by atoms with Gasteiger partial charge in [0.2, 0.25) is 0 Å². The topological polar surface area (TPSA) is 53.4 Å². The lowest BCUT2D eigenvalue weighted by Crippen LogP contribution is -2.28. The second-order valence-corrected chi connectivity index (χ2v) is 5.69. The first kappa shape index (κ1) is 16.1. The van der Waals surface area contributed by atoms with Gasteiger partial charge in [-0.25, -0.2) is 4.98 Å². The summed E-state index contributed by atoms with van der Waals surface area (Å²) in [5, 5.41) is 0. The van der Waals surface area contributed by atoms with Crippen LogP contribution in [0, 0.1) is 6.92 Å². The number of fused-ring (bicyclic) bond motifs is 1. The zero-order valence-electron chi connectivity index (χ0n) is 13.8. The van der Waals surface area contributed by atoms with Gasteiger partial charge in [-0.15, -0.1) is 0 Å². The van der Waals surface area contributed by atoms with Gasteiger partial charge in [-0.2, -0.15) is 0 Å². The van der Waals surface area contributed by atoms with E-state index in [2.05, 4.69) is 4.98 Å². The van der Waals surface area contributed by atoms with Crippen molar-refractivity contribution >= 4 is 17.0 Å². The van der Waals surface area contributed by atoms with Crippen molar-refractivity contribution in [2.75, 3.05) is 6.61 Å². The van der Waals surface area contributed by atoms with Crippen LogP contribution in [0.15, 0.2) is 54.9 Å². The summed E-state index contributed by atoms with van der Waals surface area (Å²) in [5.41, 5.74) is 2.97. The SMILES string of the molecule is CC(=O)O[C@@H](COc1ccccc1C)Cn1cnc2ccccc21. The molecule has 0 aliphatic heterocycles. The van der Waals surface area contributed by atoms with Gasteiger partial charge in [0.25, 0.3) is 0 Å². The first-order valence-corrected chi connectivity index (χ1v) is 7.89. The molecule has 0 bridgehead atoms. The number of ether oxygens (including phenoxy) is 2. The maximum Gasteiger partial charge on any atom is 0.303 e. The van der Waals surface area contributed by atoms with Crippen molar-refractivity contribution in [2.45, 2.75) is 26.5 Å². The summed E-state index contributed by atoms with van der Waals surface area (Å²) in [5.74, 6) is 0.475. The molecule has 1 atom stereocenters.